The quantitative estimate of drug-likeness (QED) is 0.945. The first-order valence-corrected chi connectivity index (χ1v) is 8.29. The highest BCUT2D eigenvalue weighted by Crippen LogP contribution is 2.34. The maximum absolute atomic E-state index is 12.7. The standard InChI is InChI=1S/C15H20N4OS/c1-10(2)13(19-6-4-5-7-19)15(20)16-14-11-8-21-9-12(11)17-18(14)3/h4-7,10,13H,8-9H2,1-3H3,(H,16,20). The number of hydrogen-bond acceptors (Lipinski definition) is 3. The van der Waals surface area contributed by atoms with Crippen LogP contribution in [0.1, 0.15) is 31.1 Å². The molecule has 0 bridgehead atoms. The molecule has 2 aromatic heterocycles. The Balaban J connectivity index is 1.85. The van der Waals surface area contributed by atoms with Gasteiger partial charge in [0, 0.05) is 36.5 Å². The number of hydrogen-bond donors (Lipinski definition) is 1. The molecule has 1 unspecified atom stereocenters. The first-order chi connectivity index (χ1) is 10.1. The molecule has 21 heavy (non-hydrogen) atoms. The number of anilines is 1. The number of rotatable bonds is 4. The Morgan fingerprint density at radius 3 is 2.71 bits per heavy atom. The summed E-state index contributed by atoms with van der Waals surface area (Å²) in [5, 5.41) is 7.57. The van der Waals surface area contributed by atoms with Crippen molar-refractivity contribution < 1.29 is 4.79 Å². The Bertz CT molecular complexity index is 645. The van der Waals surface area contributed by atoms with Gasteiger partial charge in [0.1, 0.15) is 11.9 Å². The zero-order chi connectivity index (χ0) is 15.0. The molecule has 112 valence electrons. The molecule has 1 atom stereocenters. The molecule has 2 aromatic rings. The van der Waals surface area contributed by atoms with Gasteiger partial charge < -0.3 is 9.88 Å². The van der Waals surface area contributed by atoms with Gasteiger partial charge >= 0.3 is 0 Å². The van der Waals surface area contributed by atoms with Crippen LogP contribution in [-0.2, 0) is 23.3 Å². The first kappa shape index (κ1) is 14.3. The highest BCUT2D eigenvalue weighted by molar-refractivity contribution is 7.98. The van der Waals surface area contributed by atoms with E-state index in [1.807, 2.05) is 47.9 Å². The Labute approximate surface area is 128 Å². The molecule has 1 aliphatic rings. The number of fused-ring (bicyclic) bond motifs is 1. The molecule has 0 aromatic carbocycles. The van der Waals surface area contributed by atoms with Crippen molar-refractivity contribution in [2.24, 2.45) is 13.0 Å². The average Bonchev–Trinajstić information content (AvgIpc) is 3.10. The molecule has 0 radical (unpaired) electrons. The summed E-state index contributed by atoms with van der Waals surface area (Å²) in [5.41, 5.74) is 2.27. The third-order valence-electron chi connectivity index (χ3n) is 3.80. The van der Waals surface area contributed by atoms with E-state index in [1.165, 1.54) is 5.56 Å². The number of nitrogens with one attached hydrogen (secondary N) is 1. The molecule has 0 fully saturated rings. The van der Waals surface area contributed by atoms with Gasteiger partial charge in [-0.1, -0.05) is 13.8 Å². The minimum absolute atomic E-state index is 0.0175. The minimum Gasteiger partial charge on any atom is -0.342 e. The molecule has 6 heteroatoms. The second-order valence-corrected chi connectivity index (χ2v) is 6.68. The lowest BCUT2D eigenvalue weighted by Crippen LogP contribution is -2.30. The van der Waals surface area contributed by atoms with Crippen molar-refractivity contribution in [1.82, 2.24) is 14.3 Å². The number of carbonyl (C=O) groups excluding carboxylic acids is 1. The van der Waals surface area contributed by atoms with Gasteiger partial charge in [-0.25, -0.2) is 0 Å². The molecular formula is C15H20N4OS. The van der Waals surface area contributed by atoms with Gasteiger partial charge in [0.25, 0.3) is 0 Å². The fraction of sp³-hybridized carbons (Fsp3) is 0.467. The molecule has 5 nitrogen and oxygen atoms in total. The van der Waals surface area contributed by atoms with Gasteiger partial charge in [-0.05, 0) is 18.1 Å². The van der Waals surface area contributed by atoms with Gasteiger partial charge in [-0.3, -0.25) is 9.48 Å². The van der Waals surface area contributed by atoms with Gasteiger partial charge in [-0.15, -0.1) is 0 Å². The van der Waals surface area contributed by atoms with Crippen LogP contribution >= 0.6 is 11.8 Å². The summed E-state index contributed by atoms with van der Waals surface area (Å²) in [6.07, 6.45) is 3.88. The molecule has 3 heterocycles. The minimum atomic E-state index is -0.209. The normalized spacial score (nSPS) is 15.2. The molecule has 0 aliphatic carbocycles. The Morgan fingerprint density at radius 2 is 2.05 bits per heavy atom. The van der Waals surface area contributed by atoms with Crippen LogP contribution in [-0.4, -0.2) is 20.3 Å². The third kappa shape index (κ3) is 2.60. The van der Waals surface area contributed by atoms with Crippen molar-refractivity contribution in [1.29, 1.82) is 0 Å². The summed E-state index contributed by atoms with van der Waals surface area (Å²) in [5.74, 6) is 2.94. The predicted molar refractivity (Wildman–Crippen MR) is 85.1 cm³/mol. The lowest BCUT2D eigenvalue weighted by molar-refractivity contribution is -0.120. The van der Waals surface area contributed by atoms with Crippen LogP contribution in [0.2, 0.25) is 0 Å². The third-order valence-corrected chi connectivity index (χ3v) is 4.77. The molecule has 0 saturated heterocycles. The SMILES string of the molecule is CC(C)C(C(=O)Nc1c2c(nn1C)CSC2)n1cccc1. The van der Waals surface area contributed by atoms with Crippen molar-refractivity contribution in [2.75, 3.05) is 5.32 Å². The number of aromatic nitrogens is 3. The van der Waals surface area contributed by atoms with E-state index in [0.29, 0.717) is 0 Å². The number of aryl methyl sites for hydroxylation is 1. The molecule has 1 amide bonds. The van der Waals surface area contributed by atoms with Crippen molar-refractivity contribution in [3.8, 4) is 0 Å². The molecule has 0 spiro atoms. The smallest absolute Gasteiger partial charge is 0.248 e. The summed E-state index contributed by atoms with van der Waals surface area (Å²) in [4.78, 5) is 12.7. The van der Waals surface area contributed by atoms with Crippen LogP contribution in [0.15, 0.2) is 24.5 Å². The topological polar surface area (TPSA) is 51.9 Å². The Hall–Kier alpha value is -1.69. The van der Waals surface area contributed by atoms with Gasteiger partial charge in [0.05, 0.1) is 5.69 Å². The van der Waals surface area contributed by atoms with Crippen molar-refractivity contribution in [3.63, 3.8) is 0 Å². The first-order valence-electron chi connectivity index (χ1n) is 7.13. The molecule has 1 aliphatic heterocycles. The van der Waals surface area contributed by atoms with Crippen LogP contribution in [0.3, 0.4) is 0 Å². The van der Waals surface area contributed by atoms with Crippen molar-refractivity contribution in [3.05, 3.63) is 35.8 Å². The van der Waals surface area contributed by atoms with E-state index in [0.717, 1.165) is 23.0 Å². The fourth-order valence-electron chi connectivity index (χ4n) is 2.80. The summed E-state index contributed by atoms with van der Waals surface area (Å²) in [6.45, 7) is 4.13. The van der Waals surface area contributed by atoms with E-state index < -0.39 is 0 Å². The van der Waals surface area contributed by atoms with Gasteiger partial charge in [0.15, 0.2) is 0 Å². The number of amides is 1. The maximum atomic E-state index is 12.7. The lowest BCUT2D eigenvalue weighted by atomic mass is 10.0. The monoisotopic (exact) mass is 304 g/mol. The fourth-order valence-corrected chi connectivity index (χ4v) is 3.84. The van der Waals surface area contributed by atoms with Crippen LogP contribution in [0, 0.1) is 5.92 Å². The van der Waals surface area contributed by atoms with E-state index in [-0.39, 0.29) is 17.9 Å². The van der Waals surface area contributed by atoms with Crippen LogP contribution in [0.25, 0.3) is 0 Å². The molecular weight excluding hydrogens is 284 g/mol. The van der Waals surface area contributed by atoms with Crippen LogP contribution < -0.4 is 5.32 Å². The van der Waals surface area contributed by atoms with E-state index in [1.54, 1.807) is 4.68 Å². The number of carbonyl (C=O) groups is 1. The van der Waals surface area contributed by atoms with Gasteiger partial charge in [0.2, 0.25) is 5.91 Å². The predicted octanol–water partition coefficient (Wildman–Crippen LogP) is 2.80. The molecule has 0 saturated carbocycles. The number of nitrogens with zero attached hydrogens (tertiary/aromatic N) is 3. The van der Waals surface area contributed by atoms with Crippen molar-refractivity contribution >= 4 is 23.5 Å². The zero-order valence-electron chi connectivity index (χ0n) is 12.5. The van der Waals surface area contributed by atoms with Gasteiger partial charge in [-0.2, -0.15) is 16.9 Å². The van der Waals surface area contributed by atoms with Crippen LogP contribution in [0.4, 0.5) is 5.82 Å². The van der Waals surface area contributed by atoms with E-state index in [9.17, 15) is 4.79 Å². The molecule has 3 rings (SSSR count). The Morgan fingerprint density at radius 1 is 1.33 bits per heavy atom. The Kier molecular flexibility index (Phi) is 3.80. The summed E-state index contributed by atoms with van der Waals surface area (Å²) >= 11 is 1.84. The second-order valence-electron chi connectivity index (χ2n) is 5.70. The molecule has 1 N–H and O–H groups in total. The maximum Gasteiger partial charge on any atom is 0.248 e. The number of thioether (sulfide) groups is 1. The average molecular weight is 304 g/mol. The zero-order valence-corrected chi connectivity index (χ0v) is 13.4. The van der Waals surface area contributed by atoms with E-state index in [4.69, 9.17) is 0 Å². The largest absolute Gasteiger partial charge is 0.342 e. The summed E-state index contributed by atoms with van der Waals surface area (Å²) < 4.78 is 3.75. The van der Waals surface area contributed by atoms with E-state index >= 15 is 0 Å². The highest BCUT2D eigenvalue weighted by Gasteiger charge is 2.27. The lowest BCUT2D eigenvalue weighted by Gasteiger charge is -2.22. The van der Waals surface area contributed by atoms with Crippen molar-refractivity contribution in [2.45, 2.75) is 31.4 Å². The second kappa shape index (κ2) is 5.60. The van der Waals surface area contributed by atoms with Crippen LogP contribution in [0.5, 0.6) is 0 Å². The van der Waals surface area contributed by atoms with E-state index in [2.05, 4.69) is 24.3 Å². The highest BCUT2D eigenvalue weighted by atomic mass is 32.2. The summed E-state index contributed by atoms with van der Waals surface area (Å²) in [7, 11) is 1.89. The summed E-state index contributed by atoms with van der Waals surface area (Å²) in [6, 6.07) is 3.68.